The van der Waals surface area contributed by atoms with Crippen LogP contribution in [0.3, 0.4) is 0 Å². The first-order chi connectivity index (χ1) is 20.7. The van der Waals surface area contributed by atoms with Crippen LogP contribution in [0.4, 0.5) is 26.3 Å². The van der Waals surface area contributed by atoms with Gasteiger partial charge in [-0.25, -0.2) is 4.99 Å². The molecule has 1 aliphatic heterocycles. The fourth-order valence-electron chi connectivity index (χ4n) is 4.52. The molecule has 0 N–H and O–H groups in total. The van der Waals surface area contributed by atoms with E-state index in [4.69, 9.17) is 23.0 Å². The molecule has 45 heavy (non-hydrogen) atoms. The van der Waals surface area contributed by atoms with E-state index < -0.39 is 48.8 Å². The maximum atomic E-state index is 14.0. The van der Waals surface area contributed by atoms with Gasteiger partial charge in [-0.3, -0.25) is 0 Å². The van der Waals surface area contributed by atoms with Gasteiger partial charge < -0.3 is 23.0 Å². The lowest BCUT2D eigenvalue weighted by atomic mass is 9.93. The van der Waals surface area contributed by atoms with E-state index in [-0.39, 0.29) is 50.4 Å². The summed E-state index contributed by atoms with van der Waals surface area (Å²) >= 11 is 0. The Morgan fingerprint density at radius 1 is 0.844 bits per heavy atom. The van der Waals surface area contributed by atoms with Gasteiger partial charge in [-0.2, -0.15) is 26.3 Å². The number of nitrogens with zero attached hydrogens (tertiary/aromatic N) is 1. The summed E-state index contributed by atoms with van der Waals surface area (Å²) in [6.45, 7) is 13.1. The van der Waals surface area contributed by atoms with Gasteiger partial charge >= 0.3 is 21.0 Å². The molecule has 0 aliphatic carbocycles. The zero-order valence-electron chi connectivity index (χ0n) is 26.7. The molecule has 252 valence electrons. The van der Waals surface area contributed by atoms with Crippen molar-refractivity contribution in [2.75, 3.05) is 19.8 Å². The zero-order chi connectivity index (χ0) is 33.7. The molecule has 6 nitrogen and oxygen atoms in total. The van der Waals surface area contributed by atoms with Crippen LogP contribution in [0.2, 0.25) is 0 Å². The molecule has 2 aromatic carbocycles. The molecule has 2 aromatic rings. The third-order valence-electron chi connectivity index (χ3n) is 6.48. The molecule has 0 fully saturated rings. The summed E-state index contributed by atoms with van der Waals surface area (Å²) in [4.78, 5) is 4.64. The van der Waals surface area contributed by atoms with Crippen LogP contribution in [-0.2, 0) is 43.5 Å². The lowest BCUT2D eigenvalue weighted by Gasteiger charge is -2.32. The predicted octanol–water partition coefficient (Wildman–Crippen LogP) is 9.73. The number of ether oxygens (including phenoxy) is 2. The summed E-state index contributed by atoms with van der Waals surface area (Å²) in [5.74, 6) is 0.0739. The van der Waals surface area contributed by atoms with Gasteiger partial charge in [-0.15, -0.1) is 0 Å². The molecule has 0 saturated carbocycles. The topological polar surface area (TPSA) is 58.5 Å². The molecule has 0 bridgehead atoms. The average Bonchev–Trinajstić information content (AvgIpc) is 3.27. The first kappa shape index (κ1) is 37.1. The third-order valence-corrected chi connectivity index (χ3v) is 8.21. The lowest BCUT2D eigenvalue weighted by molar-refractivity contribution is -0.139. The highest BCUT2D eigenvalue weighted by Gasteiger charge is 2.40. The van der Waals surface area contributed by atoms with E-state index >= 15 is 0 Å². The first-order valence-corrected chi connectivity index (χ1v) is 15.7. The molecule has 0 amide bonds. The molecule has 13 heteroatoms. The Kier molecular flexibility index (Phi) is 12.0. The summed E-state index contributed by atoms with van der Waals surface area (Å²) < 4.78 is 111. The second-order valence-corrected chi connectivity index (χ2v) is 14.1. The summed E-state index contributed by atoms with van der Waals surface area (Å²) in [6.07, 6.45) is -8.55. The van der Waals surface area contributed by atoms with Crippen molar-refractivity contribution in [3.63, 3.8) is 0 Å². The van der Waals surface area contributed by atoms with E-state index in [9.17, 15) is 26.3 Å². The Hall–Kier alpha value is -2.40. The highest BCUT2D eigenvalue weighted by Crippen LogP contribution is 2.48. The molecule has 1 unspecified atom stereocenters. The van der Waals surface area contributed by atoms with Crippen molar-refractivity contribution in [1.82, 2.24) is 0 Å². The summed E-state index contributed by atoms with van der Waals surface area (Å²) in [7, 11) is -1.77. The molecule has 0 saturated heterocycles. The Labute approximate surface area is 262 Å². The Morgan fingerprint density at radius 3 is 2.02 bits per heavy atom. The van der Waals surface area contributed by atoms with E-state index in [2.05, 4.69) is 4.99 Å². The molecule has 1 aliphatic rings. The smallest absolute Gasteiger partial charge is 0.419 e. The Bertz CT molecular complexity index is 1290. The molecule has 0 spiro atoms. The Balaban J connectivity index is 1.69. The van der Waals surface area contributed by atoms with Gasteiger partial charge in [0.25, 0.3) is 0 Å². The zero-order valence-corrected chi connectivity index (χ0v) is 27.6. The van der Waals surface area contributed by atoms with Crippen molar-refractivity contribution in [2.45, 2.75) is 103 Å². The minimum Gasteiger partial charge on any atom is -0.493 e. The first-order valence-electron chi connectivity index (χ1n) is 14.6. The molecule has 0 radical (unpaired) electrons. The van der Waals surface area contributed by atoms with E-state index in [1.165, 1.54) is 24.3 Å². The second-order valence-electron chi connectivity index (χ2n) is 13.0. The third kappa shape index (κ3) is 12.0. The normalized spacial score (nSPS) is 17.9. The van der Waals surface area contributed by atoms with Crippen LogP contribution in [0, 0.1) is 0 Å². The fourth-order valence-corrected chi connectivity index (χ4v) is 5.90. The molecule has 0 aromatic heterocycles. The fraction of sp³-hybridized carbons (Fsp3) is 0.594. The van der Waals surface area contributed by atoms with Gasteiger partial charge in [0.1, 0.15) is 17.9 Å². The minimum absolute atomic E-state index is 0.00501. The van der Waals surface area contributed by atoms with Crippen LogP contribution in [0.25, 0.3) is 0 Å². The molecule has 1 atom stereocenters. The van der Waals surface area contributed by atoms with E-state index in [1.54, 1.807) is 13.0 Å². The second kappa shape index (κ2) is 14.6. The highest BCUT2D eigenvalue weighted by molar-refractivity contribution is 7.41. The standard InChI is InChI=1S/C32H42F6NO5P/c1-22-39-30(20-41-22,21-42-45(43-28(2,3)4)44-29(5,6)7)17-16-23-14-15-27(26(19-23)32(36,37)38)40-18-10-12-24-11-8-9-13-25(24)31(33,34)35/h8-9,11,13-15,19H,10,12,16-18,20-21H2,1-7H3. The maximum Gasteiger partial charge on any atom is 0.419 e. The maximum absolute atomic E-state index is 14.0. The molecular weight excluding hydrogens is 623 g/mol. The van der Waals surface area contributed by atoms with Gasteiger partial charge in [-0.1, -0.05) is 24.3 Å². The van der Waals surface area contributed by atoms with Gasteiger partial charge in [0.05, 0.1) is 35.5 Å². The number of halogens is 6. The Morgan fingerprint density at radius 2 is 1.47 bits per heavy atom. The van der Waals surface area contributed by atoms with E-state index in [1.807, 2.05) is 41.5 Å². The number of aryl methyl sites for hydroxylation is 2. The number of benzene rings is 2. The molecular formula is C32H42F6NO5P. The van der Waals surface area contributed by atoms with Crippen molar-refractivity contribution in [3.05, 3.63) is 64.7 Å². The van der Waals surface area contributed by atoms with Crippen molar-refractivity contribution < 1.29 is 49.4 Å². The lowest BCUT2D eigenvalue weighted by Crippen LogP contribution is -2.35. The number of hydrogen-bond acceptors (Lipinski definition) is 6. The summed E-state index contributed by atoms with van der Waals surface area (Å²) in [5, 5.41) is 0. The molecule has 3 rings (SSSR count). The van der Waals surface area contributed by atoms with E-state index in [0.29, 0.717) is 17.9 Å². The van der Waals surface area contributed by atoms with Crippen molar-refractivity contribution in [2.24, 2.45) is 4.99 Å². The summed E-state index contributed by atoms with van der Waals surface area (Å²) in [6, 6.07) is 8.95. The average molecular weight is 666 g/mol. The summed E-state index contributed by atoms with van der Waals surface area (Å²) in [5.41, 5.74) is -3.18. The number of aliphatic imine (C=N–C) groups is 1. The van der Waals surface area contributed by atoms with Gasteiger partial charge in [-0.05, 0) is 96.6 Å². The van der Waals surface area contributed by atoms with Crippen LogP contribution < -0.4 is 4.74 Å². The van der Waals surface area contributed by atoms with Crippen LogP contribution in [0.1, 0.15) is 83.6 Å². The monoisotopic (exact) mass is 665 g/mol. The van der Waals surface area contributed by atoms with Gasteiger partial charge in [0.2, 0.25) is 0 Å². The van der Waals surface area contributed by atoms with Crippen LogP contribution in [0.15, 0.2) is 47.5 Å². The van der Waals surface area contributed by atoms with Crippen LogP contribution in [-0.4, -0.2) is 42.5 Å². The largest absolute Gasteiger partial charge is 0.493 e. The quantitative estimate of drug-likeness (QED) is 0.121. The predicted molar refractivity (Wildman–Crippen MR) is 161 cm³/mol. The van der Waals surface area contributed by atoms with Crippen molar-refractivity contribution in [1.29, 1.82) is 0 Å². The SMILES string of the molecule is CC1=NC(CCc2ccc(OCCCc3ccccc3C(F)(F)F)c(C(F)(F)F)c2)(COP(OC(C)(C)C)OC(C)(C)C)CO1. The van der Waals surface area contributed by atoms with Crippen LogP contribution >= 0.6 is 8.60 Å². The van der Waals surface area contributed by atoms with Crippen LogP contribution in [0.5, 0.6) is 5.75 Å². The van der Waals surface area contributed by atoms with E-state index in [0.717, 1.165) is 12.1 Å². The number of alkyl halides is 6. The number of hydrogen-bond donors (Lipinski definition) is 0. The number of rotatable bonds is 13. The van der Waals surface area contributed by atoms with Crippen molar-refractivity contribution in [3.8, 4) is 5.75 Å². The molecule has 1 heterocycles. The van der Waals surface area contributed by atoms with Crippen molar-refractivity contribution >= 4 is 14.5 Å². The minimum atomic E-state index is -4.70. The van der Waals surface area contributed by atoms with Gasteiger partial charge in [0.15, 0.2) is 5.90 Å². The highest BCUT2D eigenvalue weighted by atomic mass is 31.2. The van der Waals surface area contributed by atoms with Gasteiger partial charge in [0, 0.05) is 6.92 Å².